The van der Waals surface area contributed by atoms with Crippen molar-refractivity contribution in [1.29, 1.82) is 0 Å². The smallest absolute Gasteiger partial charge is 0.278 e. The molecule has 1 heterocycles. The number of imide groups is 1. The normalized spacial score (nSPS) is 13.7. The van der Waals surface area contributed by atoms with Crippen molar-refractivity contribution in [2.75, 3.05) is 12.4 Å². The van der Waals surface area contributed by atoms with E-state index in [2.05, 4.69) is 5.32 Å². The fourth-order valence-corrected chi connectivity index (χ4v) is 3.73. The first kappa shape index (κ1) is 21.3. The highest BCUT2D eigenvalue weighted by molar-refractivity contribution is 6.37. The van der Waals surface area contributed by atoms with Crippen molar-refractivity contribution >= 4 is 23.1 Å². The highest BCUT2D eigenvalue weighted by Crippen LogP contribution is 2.36. The van der Waals surface area contributed by atoms with Gasteiger partial charge in [0.2, 0.25) is 0 Å². The second-order valence-corrected chi connectivity index (χ2v) is 7.65. The van der Waals surface area contributed by atoms with Crippen molar-refractivity contribution < 1.29 is 18.7 Å². The fourth-order valence-electron chi connectivity index (χ4n) is 3.73. The molecular formula is C26H23FN2O3. The molecule has 1 aliphatic rings. The van der Waals surface area contributed by atoms with Crippen molar-refractivity contribution in [3.8, 4) is 5.75 Å². The average molecular weight is 430 g/mol. The van der Waals surface area contributed by atoms with Crippen LogP contribution >= 0.6 is 0 Å². The molecule has 0 aromatic heterocycles. The van der Waals surface area contributed by atoms with Crippen LogP contribution in [0.15, 0.2) is 72.4 Å². The van der Waals surface area contributed by atoms with Gasteiger partial charge in [0.05, 0.1) is 19.2 Å². The van der Waals surface area contributed by atoms with E-state index in [-0.39, 0.29) is 23.6 Å². The number of ether oxygens (including phenoxy) is 1. The molecule has 0 atom stereocenters. The van der Waals surface area contributed by atoms with Gasteiger partial charge in [-0.3, -0.25) is 14.5 Å². The van der Waals surface area contributed by atoms with Gasteiger partial charge >= 0.3 is 0 Å². The third-order valence-electron chi connectivity index (χ3n) is 5.66. The third-order valence-corrected chi connectivity index (χ3v) is 5.66. The van der Waals surface area contributed by atoms with Crippen molar-refractivity contribution in [3.63, 3.8) is 0 Å². The van der Waals surface area contributed by atoms with E-state index in [1.165, 1.54) is 24.1 Å². The summed E-state index contributed by atoms with van der Waals surface area (Å²) in [4.78, 5) is 28.1. The quantitative estimate of drug-likeness (QED) is 0.569. The van der Waals surface area contributed by atoms with E-state index >= 15 is 0 Å². The topological polar surface area (TPSA) is 58.6 Å². The minimum absolute atomic E-state index is 0.0363. The summed E-state index contributed by atoms with van der Waals surface area (Å²) in [5, 5.41) is 3.21. The van der Waals surface area contributed by atoms with Crippen LogP contribution in [0.5, 0.6) is 5.75 Å². The highest BCUT2D eigenvalue weighted by atomic mass is 19.1. The molecule has 2 amide bonds. The van der Waals surface area contributed by atoms with Gasteiger partial charge in [-0.05, 0) is 54.8 Å². The second kappa shape index (κ2) is 8.67. The lowest BCUT2D eigenvalue weighted by Crippen LogP contribution is -2.32. The van der Waals surface area contributed by atoms with Crippen LogP contribution in [0.2, 0.25) is 0 Å². The molecule has 162 valence electrons. The first-order valence-corrected chi connectivity index (χ1v) is 10.2. The Morgan fingerprint density at radius 1 is 0.906 bits per heavy atom. The summed E-state index contributed by atoms with van der Waals surface area (Å²) in [6.45, 7) is 3.98. The van der Waals surface area contributed by atoms with E-state index in [4.69, 9.17) is 4.74 Å². The number of benzene rings is 3. The number of rotatable bonds is 6. The first-order valence-electron chi connectivity index (χ1n) is 10.2. The van der Waals surface area contributed by atoms with E-state index in [9.17, 15) is 14.0 Å². The Morgan fingerprint density at radius 3 is 2.34 bits per heavy atom. The lowest BCUT2D eigenvalue weighted by molar-refractivity contribution is -0.137. The Hall–Kier alpha value is -3.93. The summed E-state index contributed by atoms with van der Waals surface area (Å²) in [6.07, 6.45) is 0. The lowest BCUT2D eigenvalue weighted by Gasteiger charge is -2.16. The van der Waals surface area contributed by atoms with Gasteiger partial charge in [0.25, 0.3) is 11.8 Å². The zero-order chi connectivity index (χ0) is 22.8. The molecule has 6 heteroatoms. The molecule has 0 aliphatic carbocycles. The number of carbonyl (C=O) groups is 2. The average Bonchev–Trinajstić information content (AvgIpc) is 3.02. The number of hydrogen-bond donors (Lipinski definition) is 1. The van der Waals surface area contributed by atoms with Gasteiger partial charge in [-0.1, -0.05) is 42.5 Å². The summed E-state index contributed by atoms with van der Waals surface area (Å²) in [6, 6.07) is 18.6. The van der Waals surface area contributed by atoms with Gasteiger partial charge < -0.3 is 10.1 Å². The lowest BCUT2D eigenvalue weighted by atomic mass is 10.0. The van der Waals surface area contributed by atoms with Crippen molar-refractivity contribution in [2.45, 2.75) is 20.4 Å². The number of hydrogen-bond acceptors (Lipinski definition) is 4. The van der Waals surface area contributed by atoms with Crippen molar-refractivity contribution in [3.05, 3.63) is 100 Å². The predicted octanol–water partition coefficient (Wildman–Crippen LogP) is 4.84. The molecule has 0 bridgehead atoms. The highest BCUT2D eigenvalue weighted by Gasteiger charge is 2.40. The van der Waals surface area contributed by atoms with Crippen molar-refractivity contribution in [2.24, 2.45) is 0 Å². The number of amides is 2. The van der Waals surface area contributed by atoms with Crippen LogP contribution in [0.4, 0.5) is 10.1 Å². The Bertz CT molecular complexity index is 1230. The third kappa shape index (κ3) is 3.87. The fraction of sp³-hybridized carbons (Fsp3) is 0.154. The molecule has 0 unspecified atom stereocenters. The molecule has 5 nitrogen and oxygen atoms in total. The minimum atomic E-state index is -0.443. The maximum atomic E-state index is 13.5. The summed E-state index contributed by atoms with van der Waals surface area (Å²) < 4.78 is 18.8. The van der Waals surface area contributed by atoms with Crippen LogP contribution < -0.4 is 10.1 Å². The van der Waals surface area contributed by atoms with E-state index < -0.39 is 11.8 Å². The summed E-state index contributed by atoms with van der Waals surface area (Å²) >= 11 is 0. The second-order valence-electron chi connectivity index (χ2n) is 7.65. The standard InChI is InChI=1S/C26H23FN2O3/c1-16-7-6-9-21(17(16)2)28-24-23(20-8-4-5-10-22(20)32-3)25(30)29(26(24)31)15-18-11-13-19(27)14-12-18/h4-14,28H,15H2,1-3H3. The number of anilines is 1. The van der Waals surface area contributed by atoms with Gasteiger partial charge in [-0.25, -0.2) is 4.39 Å². The van der Waals surface area contributed by atoms with E-state index in [1.807, 2.05) is 32.0 Å². The Balaban J connectivity index is 1.80. The van der Waals surface area contributed by atoms with Crippen LogP contribution in [0.25, 0.3) is 5.57 Å². The molecule has 3 aromatic rings. The van der Waals surface area contributed by atoms with Crippen LogP contribution in [0.3, 0.4) is 0 Å². The number of aryl methyl sites for hydroxylation is 1. The number of halogens is 1. The SMILES string of the molecule is COc1ccccc1C1=C(Nc2cccc(C)c2C)C(=O)N(Cc2ccc(F)cc2)C1=O. The summed E-state index contributed by atoms with van der Waals surface area (Å²) in [7, 11) is 1.52. The molecule has 1 N–H and O–H groups in total. The van der Waals surface area contributed by atoms with Gasteiger partial charge in [0.15, 0.2) is 0 Å². The van der Waals surface area contributed by atoms with E-state index in [0.29, 0.717) is 16.9 Å². The maximum absolute atomic E-state index is 13.5. The zero-order valence-electron chi connectivity index (χ0n) is 18.1. The van der Waals surface area contributed by atoms with Crippen LogP contribution in [-0.4, -0.2) is 23.8 Å². The molecule has 3 aromatic carbocycles. The maximum Gasteiger partial charge on any atom is 0.278 e. The molecule has 0 saturated carbocycles. The summed E-state index contributed by atoms with van der Waals surface area (Å²) in [5.41, 5.74) is 4.41. The minimum Gasteiger partial charge on any atom is -0.496 e. The molecular weight excluding hydrogens is 407 g/mol. The number of nitrogens with one attached hydrogen (secondary N) is 1. The number of para-hydroxylation sites is 1. The predicted molar refractivity (Wildman–Crippen MR) is 121 cm³/mol. The van der Waals surface area contributed by atoms with Gasteiger partial charge in [-0.2, -0.15) is 0 Å². The van der Waals surface area contributed by atoms with Crippen LogP contribution in [0, 0.1) is 19.7 Å². The summed E-state index contributed by atoms with van der Waals surface area (Å²) in [5.74, 6) is -0.761. The largest absolute Gasteiger partial charge is 0.496 e. The zero-order valence-corrected chi connectivity index (χ0v) is 18.1. The van der Waals surface area contributed by atoms with Gasteiger partial charge in [0, 0.05) is 11.3 Å². The van der Waals surface area contributed by atoms with Crippen LogP contribution in [0.1, 0.15) is 22.3 Å². The monoisotopic (exact) mass is 430 g/mol. The molecule has 0 fully saturated rings. The molecule has 0 saturated heterocycles. The van der Waals surface area contributed by atoms with E-state index in [1.54, 1.807) is 36.4 Å². The molecule has 32 heavy (non-hydrogen) atoms. The Kier molecular flexibility index (Phi) is 5.77. The molecule has 0 radical (unpaired) electrons. The van der Waals surface area contributed by atoms with Gasteiger partial charge in [-0.15, -0.1) is 0 Å². The molecule has 4 rings (SSSR count). The first-order chi connectivity index (χ1) is 15.4. The number of nitrogens with zero attached hydrogens (tertiary/aromatic N) is 1. The van der Waals surface area contributed by atoms with Crippen molar-refractivity contribution in [1.82, 2.24) is 4.90 Å². The Morgan fingerprint density at radius 2 is 1.62 bits per heavy atom. The number of methoxy groups -OCH3 is 1. The Labute approximate surface area is 186 Å². The van der Waals surface area contributed by atoms with Gasteiger partial charge in [0.1, 0.15) is 17.3 Å². The number of carbonyl (C=O) groups excluding carboxylic acids is 2. The molecule has 1 aliphatic heterocycles. The van der Waals surface area contributed by atoms with E-state index in [0.717, 1.165) is 16.8 Å². The molecule has 0 spiro atoms. The van der Waals surface area contributed by atoms with Crippen LogP contribution in [-0.2, 0) is 16.1 Å².